The van der Waals surface area contributed by atoms with E-state index in [9.17, 15) is 26.7 Å². The smallest absolute Gasteiger partial charge is 0.318 e. The van der Waals surface area contributed by atoms with Crippen LogP contribution in [0.5, 0.6) is 0 Å². The molecule has 0 fully saturated rings. The average molecular weight is 322 g/mol. The van der Waals surface area contributed by atoms with E-state index in [-0.39, 0.29) is 12.2 Å². The number of halogens is 5. The number of thioether (sulfide) groups is 1. The van der Waals surface area contributed by atoms with Crippen molar-refractivity contribution in [2.24, 2.45) is 0 Å². The van der Waals surface area contributed by atoms with Crippen molar-refractivity contribution in [2.75, 3.05) is 12.4 Å². The molecule has 120 valence electrons. The van der Waals surface area contributed by atoms with Crippen molar-refractivity contribution in [3.8, 4) is 0 Å². The minimum Gasteiger partial charge on any atom is -0.465 e. The van der Waals surface area contributed by atoms with Crippen molar-refractivity contribution in [2.45, 2.75) is 56.9 Å². The van der Waals surface area contributed by atoms with Crippen LogP contribution in [0.15, 0.2) is 0 Å². The topological polar surface area (TPSA) is 26.3 Å². The number of esters is 1. The molecule has 0 heterocycles. The fourth-order valence-corrected chi connectivity index (χ4v) is 2.15. The Morgan fingerprint density at radius 3 is 2.40 bits per heavy atom. The van der Waals surface area contributed by atoms with Crippen LogP contribution in [0.2, 0.25) is 0 Å². The molecule has 0 radical (unpaired) electrons. The maximum atomic E-state index is 13.0. The Morgan fingerprint density at radius 2 is 1.90 bits per heavy atom. The predicted molar refractivity (Wildman–Crippen MR) is 68.3 cm³/mol. The summed E-state index contributed by atoms with van der Waals surface area (Å²) in [5.74, 6) is -4.34. The molecule has 20 heavy (non-hydrogen) atoms. The number of alkyl halides is 5. The quantitative estimate of drug-likeness (QED) is 0.344. The third-order valence-corrected chi connectivity index (χ3v) is 3.64. The van der Waals surface area contributed by atoms with E-state index in [0.717, 1.165) is 11.8 Å². The Bertz CT molecular complexity index is 289. The van der Waals surface area contributed by atoms with Gasteiger partial charge in [0, 0.05) is 6.42 Å². The first-order valence-electron chi connectivity index (χ1n) is 6.30. The first-order valence-corrected chi connectivity index (χ1v) is 7.35. The van der Waals surface area contributed by atoms with Gasteiger partial charge in [0.05, 0.1) is 11.9 Å². The van der Waals surface area contributed by atoms with Crippen molar-refractivity contribution in [3.05, 3.63) is 0 Å². The Balaban J connectivity index is 3.93. The van der Waals surface area contributed by atoms with E-state index in [1.165, 1.54) is 0 Å². The average Bonchev–Trinajstić information content (AvgIpc) is 2.39. The molecule has 0 aromatic rings. The van der Waals surface area contributed by atoms with Crippen molar-refractivity contribution < 1.29 is 31.5 Å². The molecule has 0 bridgehead atoms. The minimum absolute atomic E-state index is 0.147. The molecule has 0 aromatic carbocycles. The van der Waals surface area contributed by atoms with Gasteiger partial charge >= 0.3 is 5.97 Å². The Hall–Kier alpha value is -0.530. The fourth-order valence-electron chi connectivity index (χ4n) is 1.28. The summed E-state index contributed by atoms with van der Waals surface area (Å²) < 4.78 is 67.1. The van der Waals surface area contributed by atoms with E-state index in [0.29, 0.717) is 13.0 Å². The van der Waals surface area contributed by atoms with Crippen LogP contribution in [0.4, 0.5) is 22.0 Å². The highest BCUT2D eigenvalue weighted by molar-refractivity contribution is 8.00. The molecular formula is C12H19F5O2S. The summed E-state index contributed by atoms with van der Waals surface area (Å²) >= 11 is 1.08. The van der Waals surface area contributed by atoms with Gasteiger partial charge in [0.2, 0.25) is 6.17 Å². The first-order chi connectivity index (χ1) is 9.22. The van der Waals surface area contributed by atoms with Crippen molar-refractivity contribution in [1.29, 1.82) is 0 Å². The molecule has 2 atom stereocenters. The Labute approximate surface area is 119 Å². The van der Waals surface area contributed by atoms with Crippen LogP contribution in [0.25, 0.3) is 0 Å². The number of hydrogen-bond donors (Lipinski definition) is 0. The van der Waals surface area contributed by atoms with Gasteiger partial charge in [-0.2, -0.15) is 0 Å². The zero-order valence-corrected chi connectivity index (χ0v) is 12.2. The van der Waals surface area contributed by atoms with Crippen LogP contribution in [0.3, 0.4) is 0 Å². The lowest BCUT2D eigenvalue weighted by Gasteiger charge is -2.20. The lowest BCUT2D eigenvalue weighted by molar-refractivity contribution is -0.142. The van der Waals surface area contributed by atoms with Crippen molar-refractivity contribution in [1.82, 2.24) is 0 Å². The van der Waals surface area contributed by atoms with Crippen LogP contribution in [-0.4, -0.2) is 42.1 Å². The number of carbonyl (C=O) groups is 1. The lowest BCUT2D eigenvalue weighted by Crippen LogP contribution is -2.35. The van der Waals surface area contributed by atoms with Gasteiger partial charge in [0.25, 0.3) is 12.3 Å². The van der Waals surface area contributed by atoms with Gasteiger partial charge in [0.15, 0.2) is 0 Å². The minimum atomic E-state index is -4.04. The molecule has 2 unspecified atom stereocenters. The molecule has 0 rings (SSSR count). The van der Waals surface area contributed by atoms with Gasteiger partial charge in [-0.1, -0.05) is 6.92 Å². The number of ether oxygens (including phenoxy) is 1. The van der Waals surface area contributed by atoms with Crippen LogP contribution in [0, 0.1) is 0 Å². The van der Waals surface area contributed by atoms with E-state index in [1.54, 1.807) is 6.92 Å². The standard InChI is InChI=1S/C12H19F5O2S/c1-3-6-19-11(18)8(2)20-7-4-5-12(16,17)9(13)10(14)15/h8-10H,3-7H2,1-2H3. The maximum absolute atomic E-state index is 13.0. The van der Waals surface area contributed by atoms with Crippen LogP contribution in [-0.2, 0) is 9.53 Å². The monoisotopic (exact) mass is 322 g/mol. The maximum Gasteiger partial charge on any atom is 0.318 e. The largest absolute Gasteiger partial charge is 0.465 e. The summed E-state index contributed by atoms with van der Waals surface area (Å²) in [6.45, 7) is 3.70. The lowest BCUT2D eigenvalue weighted by atomic mass is 10.1. The third kappa shape index (κ3) is 7.31. The summed E-state index contributed by atoms with van der Waals surface area (Å²) in [5, 5.41) is -0.522. The van der Waals surface area contributed by atoms with Crippen molar-refractivity contribution >= 4 is 17.7 Å². The molecule has 0 saturated heterocycles. The third-order valence-electron chi connectivity index (χ3n) is 2.43. The van der Waals surface area contributed by atoms with Gasteiger partial charge in [-0.3, -0.25) is 4.79 Å². The molecule has 0 saturated carbocycles. The molecule has 0 aliphatic rings. The van der Waals surface area contributed by atoms with Gasteiger partial charge < -0.3 is 4.74 Å². The second kappa shape index (κ2) is 9.41. The molecule has 8 heteroatoms. The zero-order valence-electron chi connectivity index (χ0n) is 11.4. The summed E-state index contributed by atoms with van der Waals surface area (Å²) in [5.41, 5.74) is 0. The normalized spacial score (nSPS) is 15.2. The molecule has 0 aromatic heterocycles. The predicted octanol–water partition coefficient (Wildman–Crippen LogP) is 4.08. The van der Waals surface area contributed by atoms with Crippen LogP contribution >= 0.6 is 11.8 Å². The molecule has 0 aliphatic carbocycles. The molecule has 0 spiro atoms. The van der Waals surface area contributed by atoms with Crippen molar-refractivity contribution in [3.63, 3.8) is 0 Å². The second-order valence-electron chi connectivity index (χ2n) is 4.28. The molecule has 0 amide bonds. The molecule has 0 N–H and O–H groups in total. The van der Waals surface area contributed by atoms with E-state index in [1.807, 2.05) is 6.92 Å². The molecule has 2 nitrogen and oxygen atoms in total. The SMILES string of the molecule is CCCOC(=O)C(C)SCCCC(F)(F)C(F)C(F)F. The highest BCUT2D eigenvalue weighted by Gasteiger charge is 2.45. The summed E-state index contributed by atoms with van der Waals surface area (Å²) in [4.78, 5) is 11.3. The van der Waals surface area contributed by atoms with E-state index < -0.39 is 36.2 Å². The number of hydrogen-bond acceptors (Lipinski definition) is 3. The molecule has 0 aliphatic heterocycles. The summed E-state index contributed by atoms with van der Waals surface area (Å²) in [6, 6.07) is 0. The second-order valence-corrected chi connectivity index (χ2v) is 5.73. The van der Waals surface area contributed by atoms with Gasteiger partial charge in [0.1, 0.15) is 0 Å². The zero-order chi connectivity index (χ0) is 15.8. The highest BCUT2D eigenvalue weighted by Crippen LogP contribution is 2.31. The van der Waals surface area contributed by atoms with Gasteiger partial charge in [-0.15, -0.1) is 11.8 Å². The van der Waals surface area contributed by atoms with E-state index >= 15 is 0 Å². The van der Waals surface area contributed by atoms with Crippen LogP contribution in [0.1, 0.15) is 33.1 Å². The summed E-state index contributed by atoms with van der Waals surface area (Å²) in [7, 11) is 0. The van der Waals surface area contributed by atoms with Gasteiger partial charge in [-0.25, -0.2) is 22.0 Å². The van der Waals surface area contributed by atoms with E-state index in [4.69, 9.17) is 4.74 Å². The summed E-state index contributed by atoms with van der Waals surface area (Å²) in [6.07, 6.45) is -7.58. The number of rotatable bonds is 10. The highest BCUT2D eigenvalue weighted by atomic mass is 32.2. The number of carbonyl (C=O) groups excluding carboxylic acids is 1. The molecular weight excluding hydrogens is 303 g/mol. The Morgan fingerprint density at radius 1 is 1.30 bits per heavy atom. The van der Waals surface area contributed by atoms with Gasteiger partial charge in [-0.05, 0) is 25.5 Å². The van der Waals surface area contributed by atoms with E-state index in [2.05, 4.69) is 0 Å². The first kappa shape index (κ1) is 19.5. The Kier molecular flexibility index (Phi) is 9.16. The van der Waals surface area contributed by atoms with Crippen LogP contribution < -0.4 is 0 Å². The fraction of sp³-hybridized carbons (Fsp3) is 0.917.